The van der Waals surface area contributed by atoms with E-state index in [-0.39, 0.29) is 24.5 Å². The molecule has 4 nitrogen and oxygen atoms in total. The van der Waals surface area contributed by atoms with Crippen molar-refractivity contribution in [2.45, 2.75) is 19.9 Å². The van der Waals surface area contributed by atoms with Gasteiger partial charge in [0.2, 0.25) is 0 Å². The number of carbonyl (C=O) groups excluding carboxylic acids is 1. The maximum absolute atomic E-state index is 12.0. The first-order valence-corrected chi connectivity index (χ1v) is 6.54. The summed E-state index contributed by atoms with van der Waals surface area (Å²) in [6, 6.07) is 4.87. The molecule has 0 aromatic heterocycles. The average Bonchev–Trinajstić information content (AvgIpc) is 2.35. The summed E-state index contributed by atoms with van der Waals surface area (Å²) < 4.78 is 5.83. The van der Waals surface area contributed by atoms with E-state index >= 15 is 0 Å². The number of aliphatic hydroxyl groups is 1. The van der Waals surface area contributed by atoms with E-state index in [1.807, 2.05) is 13.8 Å². The van der Waals surface area contributed by atoms with E-state index in [9.17, 15) is 9.90 Å². The molecule has 0 heterocycles. The number of nitrogens with one attached hydrogen (secondary N) is 1. The number of halogens is 1. The summed E-state index contributed by atoms with van der Waals surface area (Å²) in [6.45, 7) is 3.83. The molecule has 0 bridgehead atoms. The molecule has 0 saturated carbocycles. The zero-order chi connectivity index (χ0) is 13.7. The van der Waals surface area contributed by atoms with Crippen molar-refractivity contribution in [1.29, 1.82) is 0 Å². The predicted molar refractivity (Wildman–Crippen MR) is 73.9 cm³/mol. The van der Waals surface area contributed by atoms with E-state index in [2.05, 4.69) is 21.2 Å². The summed E-state index contributed by atoms with van der Waals surface area (Å²) in [5.41, 5.74) is 0.529. The second-order valence-electron chi connectivity index (χ2n) is 4.36. The topological polar surface area (TPSA) is 58.6 Å². The van der Waals surface area contributed by atoms with Crippen LogP contribution in [0, 0.1) is 5.92 Å². The third kappa shape index (κ3) is 3.71. The van der Waals surface area contributed by atoms with Crippen LogP contribution in [0.1, 0.15) is 24.2 Å². The van der Waals surface area contributed by atoms with Gasteiger partial charge in [-0.25, -0.2) is 0 Å². The summed E-state index contributed by atoms with van der Waals surface area (Å²) in [4.78, 5) is 12.0. The van der Waals surface area contributed by atoms with Gasteiger partial charge in [0.05, 0.1) is 24.2 Å². The van der Waals surface area contributed by atoms with Crippen molar-refractivity contribution >= 4 is 21.8 Å². The molecule has 1 aromatic rings. The number of carbonyl (C=O) groups is 1. The van der Waals surface area contributed by atoms with Crippen molar-refractivity contribution in [3.8, 4) is 5.75 Å². The van der Waals surface area contributed by atoms with E-state index in [0.717, 1.165) is 4.47 Å². The Morgan fingerprint density at radius 1 is 1.50 bits per heavy atom. The SMILES string of the molecule is COc1ccc(C(=O)NC(CO)C(C)C)cc1Br. The van der Waals surface area contributed by atoms with Crippen molar-refractivity contribution in [3.63, 3.8) is 0 Å². The van der Waals surface area contributed by atoms with E-state index in [4.69, 9.17) is 4.74 Å². The fourth-order valence-corrected chi connectivity index (χ4v) is 2.02. The van der Waals surface area contributed by atoms with Crippen LogP contribution in [0.15, 0.2) is 22.7 Å². The van der Waals surface area contributed by atoms with E-state index in [1.54, 1.807) is 25.3 Å². The first-order valence-electron chi connectivity index (χ1n) is 5.74. The summed E-state index contributed by atoms with van der Waals surface area (Å²) >= 11 is 3.33. The third-order valence-corrected chi connectivity index (χ3v) is 3.35. The second-order valence-corrected chi connectivity index (χ2v) is 5.21. The molecule has 0 saturated heterocycles. The van der Waals surface area contributed by atoms with Crippen LogP contribution in [0.3, 0.4) is 0 Å². The van der Waals surface area contributed by atoms with Crippen LogP contribution in [0.5, 0.6) is 5.75 Å². The highest BCUT2D eigenvalue weighted by atomic mass is 79.9. The van der Waals surface area contributed by atoms with Crippen LogP contribution in [-0.4, -0.2) is 30.8 Å². The number of hydrogen-bond donors (Lipinski definition) is 2. The molecule has 0 radical (unpaired) electrons. The Labute approximate surface area is 115 Å². The normalized spacial score (nSPS) is 12.3. The fourth-order valence-electron chi connectivity index (χ4n) is 1.48. The van der Waals surface area contributed by atoms with Gasteiger partial charge in [-0.2, -0.15) is 0 Å². The first-order chi connectivity index (χ1) is 8.49. The minimum Gasteiger partial charge on any atom is -0.496 e. The Bertz CT molecular complexity index is 421. The number of rotatable bonds is 5. The molecular formula is C13H18BrNO3. The van der Waals surface area contributed by atoms with Crippen LogP contribution < -0.4 is 10.1 Å². The Hall–Kier alpha value is -1.07. The van der Waals surface area contributed by atoms with Gasteiger partial charge in [0, 0.05) is 5.56 Å². The largest absolute Gasteiger partial charge is 0.496 e. The van der Waals surface area contributed by atoms with E-state index < -0.39 is 0 Å². The van der Waals surface area contributed by atoms with Crippen LogP contribution in [0.2, 0.25) is 0 Å². The van der Waals surface area contributed by atoms with Gasteiger partial charge in [-0.3, -0.25) is 4.79 Å². The maximum atomic E-state index is 12.0. The summed E-state index contributed by atoms with van der Waals surface area (Å²) in [6.07, 6.45) is 0. The highest BCUT2D eigenvalue weighted by Crippen LogP contribution is 2.25. The fraction of sp³-hybridized carbons (Fsp3) is 0.462. The number of methoxy groups -OCH3 is 1. The van der Waals surface area contributed by atoms with Crippen molar-refractivity contribution in [2.75, 3.05) is 13.7 Å². The number of hydrogen-bond acceptors (Lipinski definition) is 3. The highest BCUT2D eigenvalue weighted by molar-refractivity contribution is 9.10. The number of ether oxygens (including phenoxy) is 1. The summed E-state index contributed by atoms with van der Waals surface area (Å²) in [5, 5.41) is 12.0. The molecule has 0 aliphatic carbocycles. The smallest absolute Gasteiger partial charge is 0.251 e. The molecule has 1 rings (SSSR count). The number of benzene rings is 1. The minimum atomic E-state index is -0.238. The Morgan fingerprint density at radius 3 is 2.61 bits per heavy atom. The van der Waals surface area contributed by atoms with Crippen molar-refractivity contribution in [2.24, 2.45) is 5.92 Å². The molecule has 100 valence electrons. The lowest BCUT2D eigenvalue weighted by molar-refractivity contribution is 0.0897. The first kappa shape index (κ1) is 15.0. The van der Waals surface area contributed by atoms with Crippen LogP contribution >= 0.6 is 15.9 Å². The molecule has 1 amide bonds. The van der Waals surface area contributed by atoms with Gasteiger partial charge in [-0.1, -0.05) is 13.8 Å². The lowest BCUT2D eigenvalue weighted by Crippen LogP contribution is -2.41. The second kappa shape index (κ2) is 6.75. The highest BCUT2D eigenvalue weighted by Gasteiger charge is 2.16. The molecule has 1 atom stereocenters. The van der Waals surface area contributed by atoms with Crippen LogP contribution in [-0.2, 0) is 0 Å². The van der Waals surface area contributed by atoms with E-state index in [1.165, 1.54) is 0 Å². The molecule has 0 fully saturated rings. The Kier molecular flexibility index (Phi) is 5.62. The van der Waals surface area contributed by atoms with Gasteiger partial charge in [-0.15, -0.1) is 0 Å². The molecule has 1 unspecified atom stereocenters. The standard InChI is InChI=1S/C13H18BrNO3/c1-8(2)11(7-16)15-13(17)9-4-5-12(18-3)10(14)6-9/h4-6,8,11,16H,7H2,1-3H3,(H,15,17). The maximum Gasteiger partial charge on any atom is 0.251 e. The molecule has 0 spiro atoms. The third-order valence-electron chi connectivity index (χ3n) is 2.73. The molecule has 0 aliphatic heterocycles. The molecule has 2 N–H and O–H groups in total. The summed E-state index contributed by atoms with van der Waals surface area (Å²) in [5.74, 6) is 0.654. The number of aliphatic hydroxyl groups excluding tert-OH is 1. The van der Waals surface area contributed by atoms with Crippen molar-refractivity contribution in [3.05, 3.63) is 28.2 Å². The van der Waals surface area contributed by atoms with Crippen LogP contribution in [0.4, 0.5) is 0 Å². The van der Waals surface area contributed by atoms with Gasteiger partial charge >= 0.3 is 0 Å². The lowest BCUT2D eigenvalue weighted by atomic mass is 10.0. The van der Waals surface area contributed by atoms with Crippen molar-refractivity contribution in [1.82, 2.24) is 5.32 Å². The zero-order valence-electron chi connectivity index (χ0n) is 10.7. The summed E-state index contributed by atoms with van der Waals surface area (Å²) in [7, 11) is 1.57. The van der Waals surface area contributed by atoms with Crippen molar-refractivity contribution < 1.29 is 14.6 Å². The zero-order valence-corrected chi connectivity index (χ0v) is 12.3. The van der Waals surface area contributed by atoms with Crippen LogP contribution in [0.25, 0.3) is 0 Å². The number of amides is 1. The van der Waals surface area contributed by atoms with Gasteiger partial charge in [-0.05, 0) is 40.0 Å². The molecule has 1 aromatic carbocycles. The molecular weight excluding hydrogens is 298 g/mol. The van der Waals surface area contributed by atoms with Gasteiger partial charge < -0.3 is 15.2 Å². The Morgan fingerprint density at radius 2 is 2.17 bits per heavy atom. The predicted octanol–water partition coefficient (Wildman–Crippen LogP) is 2.20. The van der Waals surface area contributed by atoms with Gasteiger partial charge in [0.25, 0.3) is 5.91 Å². The Balaban J connectivity index is 2.81. The van der Waals surface area contributed by atoms with Gasteiger partial charge in [0.15, 0.2) is 0 Å². The van der Waals surface area contributed by atoms with Gasteiger partial charge in [0.1, 0.15) is 5.75 Å². The molecule has 18 heavy (non-hydrogen) atoms. The lowest BCUT2D eigenvalue weighted by Gasteiger charge is -2.20. The monoisotopic (exact) mass is 315 g/mol. The molecule has 0 aliphatic rings. The average molecular weight is 316 g/mol. The quantitative estimate of drug-likeness (QED) is 0.875. The van der Waals surface area contributed by atoms with E-state index in [0.29, 0.717) is 11.3 Å². The molecule has 5 heteroatoms. The minimum absolute atomic E-state index is 0.0687.